The predicted molar refractivity (Wildman–Crippen MR) is 162 cm³/mol. The third-order valence-electron chi connectivity index (χ3n) is 10.3. The second-order valence-electron chi connectivity index (χ2n) is 13.2. The lowest BCUT2D eigenvalue weighted by molar-refractivity contribution is -0.284. The first-order valence-electron chi connectivity index (χ1n) is 15.3. The number of benzene rings is 1. The molecule has 0 spiro atoms. The number of carbonyl (C=O) groups is 4. The number of carbonyl (C=O) groups excluding carboxylic acids is 4. The van der Waals surface area contributed by atoms with Crippen LogP contribution in [0, 0.1) is 22.7 Å². The van der Waals surface area contributed by atoms with Gasteiger partial charge in [-0.25, -0.2) is 4.79 Å². The van der Waals surface area contributed by atoms with E-state index in [0.717, 1.165) is 5.56 Å². The third-order valence-corrected chi connectivity index (χ3v) is 10.3. The van der Waals surface area contributed by atoms with E-state index in [1.807, 2.05) is 44.2 Å². The molecule has 0 unspecified atom stereocenters. The van der Waals surface area contributed by atoms with Crippen molar-refractivity contribution in [3.63, 3.8) is 0 Å². The number of fused-ring (bicyclic) bond motifs is 2. The van der Waals surface area contributed by atoms with Gasteiger partial charge >= 0.3 is 23.9 Å². The molecule has 0 radical (unpaired) electrons. The fourth-order valence-electron chi connectivity index (χ4n) is 8.25. The van der Waals surface area contributed by atoms with Crippen LogP contribution in [0.4, 0.5) is 0 Å². The van der Waals surface area contributed by atoms with E-state index in [-0.39, 0.29) is 13.0 Å². The van der Waals surface area contributed by atoms with Crippen LogP contribution in [0.2, 0.25) is 0 Å². The Kier molecular flexibility index (Phi) is 8.61. The number of rotatable bonds is 6. The summed E-state index contributed by atoms with van der Waals surface area (Å²) >= 11 is 0. The highest BCUT2D eigenvalue weighted by Crippen LogP contribution is 2.64. The lowest BCUT2D eigenvalue weighted by Gasteiger charge is -2.64. The minimum Gasteiger partial charge on any atom is -0.462 e. The molecule has 1 saturated heterocycles. The Labute approximate surface area is 263 Å². The summed E-state index contributed by atoms with van der Waals surface area (Å²) in [6.45, 7) is 13.9. The van der Waals surface area contributed by atoms with Gasteiger partial charge in [0.1, 0.15) is 18.3 Å². The van der Waals surface area contributed by atoms with Gasteiger partial charge in [-0.3, -0.25) is 14.4 Å². The van der Waals surface area contributed by atoms with Gasteiger partial charge in [0.25, 0.3) is 0 Å². The fourth-order valence-corrected chi connectivity index (χ4v) is 8.25. The molecule has 2 aliphatic heterocycles. The Bertz CT molecular complexity index is 1460. The normalized spacial score (nSPS) is 37.3. The first-order valence-corrected chi connectivity index (χ1v) is 15.3. The highest BCUT2D eigenvalue weighted by atomic mass is 16.6. The molecule has 2 saturated carbocycles. The van der Waals surface area contributed by atoms with Crippen molar-refractivity contribution in [1.82, 2.24) is 0 Å². The largest absolute Gasteiger partial charge is 0.462 e. The van der Waals surface area contributed by atoms with Crippen LogP contribution >= 0.6 is 0 Å². The molecule has 9 atom stereocenters. The van der Waals surface area contributed by atoms with Crippen LogP contribution in [0.1, 0.15) is 66.4 Å². The standard InChI is InChI=1S/C35H42O10/c1-19-26(45-27(39)14-13-24-11-9-8-10-12-24)15-16-33(6)28(19)30(42-21(3)36)25-17-35(40)20(2)29(34(25,7)18-41-35)31(43-22(4)37)32(33)44-23(5)38/h8-14,25-26,28,30-32,40H,1,15-18H2,2-7H3/b14-13-/t25-,26-,28-,30+,31+,32-,33+,34+,35+/m0/s1. The van der Waals surface area contributed by atoms with E-state index in [2.05, 4.69) is 6.58 Å². The van der Waals surface area contributed by atoms with Crippen molar-refractivity contribution < 1.29 is 48.0 Å². The second kappa shape index (κ2) is 11.9. The van der Waals surface area contributed by atoms with Gasteiger partial charge in [0.2, 0.25) is 0 Å². The molecule has 6 rings (SSSR count). The molecule has 4 bridgehead atoms. The van der Waals surface area contributed by atoms with E-state index in [9.17, 15) is 24.3 Å². The topological polar surface area (TPSA) is 135 Å². The van der Waals surface area contributed by atoms with Crippen LogP contribution in [-0.4, -0.2) is 65.8 Å². The maximum Gasteiger partial charge on any atom is 0.331 e. The zero-order valence-corrected chi connectivity index (χ0v) is 26.7. The summed E-state index contributed by atoms with van der Waals surface area (Å²) < 4.78 is 30.1. The van der Waals surface area contributed by atoms with Gasteiger partial charge in [-0.05, 0) is 48.1 Å². The molecule has 10 nitrogen and oxygen atoms in total. The molecule has 5 aliphatic rings. The summed E-state index contributed by atoms with van der Waals surface area (Å²) in [5, 5.41) is 11.8. The average Bonchev–Trinajstić information content (AvgIpc) is 2.96. The molecule has 10 heteroatoms. The van der Waals surface area contributed by atoms with Crippen molar-refractivity contribution in [3.05, 3.63) is 65.3 Å². The number of hydrogen-bond acceptors (Lipinski definition) is 10. The van der Waals surface area contributed by atoms with E-state index in [0.29, 0.717) is 29.6 Å². The first-order chi connectivity index (χ1) is 21.1. The monoisotopic (exact) mass is 622 g/mol. The maximum atomic E-state index is 13.0. The average molecular weight is 623 g/mol. The summed E-state index contributed by atoms with van der Waals surface area (Å²) in [7, 11) is 0. The second-order valence-corrected chi connectivity index (χ2v) is 13.2. The number of aliphatic hydroxyl groups is 1. The third kappa shape index (κ3) is 5.74. The van der Waals surface area contributed by atoms with Gasteiger partial charge in [0.15, 0.2) is 11.9 Å². The number of ether oxygens (including phenoxy) is 5. The van der Waals surface area contributed by atoms with Crippen LogP contribution in [-0.2, 0) is 42.9 Å². The van der Waals surface area contributed by atoms with Gasteiger partial charge in [-0.2, -0.15) is 0 Å². The van der Waals surface area contributed by atoms with Crippen molar-refractivity contribution in [3.8, 4) is 0 Å². The highest BCUT2D eigenvalue weighted by Gasteiger charge is 2.69. The lowest BCUT2D eigenvalue weighted by Crippen LogP contribution is -2.69. The Morgan fingerprint density at radius 2 is 1.62 bits per heavy atom. The molecule has 3 aliphatic carbocycles. The smallest absolute Gasteiger partial charge is 0.331 e. The summed E-state index contributed by atoms with van der Waals surface area (Å²) in [6, 6.07) is 9.34. The molecule has 0 amide bonds. The zero-order valence-electron chi connectivity index (χ0n) is 26.7. The van der Waals surface area contributed by atoms with E-state index in [1.54, 1.807) is 13.0 Å². The summed E-state index contributed by atoms with van der Waals surface area (Å²) in [5.41, 5.74) is 0.503. The molecule has 242 valence electrons. The Hall–Kier alpha value is -3.76. The molecular formula is C35H42O10. The molecule has 1 aromatic carbocycles. The Balaban J connectivity index is 1.64. The van der Waals surface area contributed by atoms with Gasteiger partial charge in [-0.15, -0.1) is 0 Å². The predicted octanol–water partition coefficient (Wildman–Crippen LogP) is 4.45. The van der Waals surface area contributed by atoms with Crippen LogP contribution in [0.25, 0.3) is 6.08 Å². The number of esters is 4. The van der Waals surface area contributed by atoms with Gasteiger partial charge in [-0.1, -0.05) is 50.8 Å². The van der Waals surface area contributed by atoms with E-state index in [4.69, 9.17) is 23.7 Å². The van der Waals surface area contributed by atoms with E-state index in [1.165, 1.54) is 26.8 Å². The first kappa shape index (κ1) is 32.6. The minimum absolute atomic E-state index is 0.0434. The molecule has 1 N–H and O–H groups in total. The summed E-state index contributed by atoms with van der Waals surface area (Å²) in [5.74, 6) is -5.25. The van der Waals surface area contributed by atoms with E-state index >= 15 is 0 Å². The molecule has 1 aromatic rings. The lowest BCUT2D eigenvalue weighted by atomic mass is 9.48. The quantitative estimate of drug-likeness (QED) is 0.210. The summed E-state index contributed by atoms with van der Waals surface area (Å²) in [6.07, 6.45) is 0.0508. The van der Waals surface area contributed by atoms with Crippen molar-refractivity contribution in [2.24, 2.45) is 22.7 Å². The Morgan fingerprint density at radius 1 is 0.978 bits per heavy atom. The van der Waals surface area contributed by atoms with Crippen LogP contribution in [0.3, 0.4) is 0 Å². The molecule has 0 aromatic heterocycles. The minimum atomic E-state index is -1.73. The summed E-state index contributed by atoms with van der Waals surface area (Å²) in [4.78, 5) is 51.1. The van der Waals surface area contributed by atoms with Crippen molar-refractivity contribution in [1.29, 1.82) is 0 Å². The maximum absolute atomic E-state index is 13.0. The van der Waals surface area contributed by atoms with Crippen molar-refractivity contribution in [2.75, 3.05) is 6.61 Å². The van der Waals surface area contributed by atoms with Crippen LogP contribution in [0.5, 0.6) is 0 Å². The van der Waals surface area contributed by atoms with Gasteiger partial charge in [0.05, 0.1) is 6.61 Å². The number of hydrogen-bond donors (Lipinski definition) is 1. The molecule has 3 fully saturated rings. The SMILES string of the molecule is C=C1[C@@H](OC(=O)/C=C\c2ccccc2)CC[C@@]2(C)[C@@H](OC(C)=O)[C@H](OC(C)=O)C3=C(C)[C@@]4(O)C[C@@H]([C@@H](OC(C)=O)[C@H]12)[C@@]3(C)CO4. The zero-order chi connectivity index (χ0) is 32.9. The van der Waals surface area contributed by atoms with Gasteiger partial charge < -0.3 is 28.8 Å². The van der Waals surface area contributed by atoms with Crippen molar-refractivity contribution >= 4 is 30.0 Å². The van der Waals surface area contributed by atoms with Gasteiger partial charge in [0, 0.05) is 55.9 Å². The fraction of sp³-hybridized carbons (Fsp3) is 0.543. The highest BCUT2D eigenvalue weighted by molar-refractivity contribution is 5.87. The van der Waals surface area contributed by atoms with Crippen molar-refractivity contribution in [2.45, 2.75) is 91.0 Å². The molecule has 2 heterocycles. The molecule has 45 heavy (non-hydrogen) atoms. The molecular weight excluding hydrogens is 580 g/mol. The van der Waals surface area contributed by atoms with E-state index < -0.39 is 76.7 Å². The van der Waals surface area contributed by atoms with Crippen LogP contribution in [0.15, 0.2) is 59.7 Å². The Morgan fingerprint density at radius 3 is 2.24 bits per heavy atom. The van der Waals surface area contributed by atoms with Crippen LogP contribution < -0.4 is 0 Å².